The van der Waals surface area contributed by atoms with E-state index in [1.165, 1.54) is 18.9 Å². The first kappa shape index (κ1) is 28.3. The van der Waals surface area contributed by atoms with E-state index in [4.69, 9.17) is 14.2 Å². The van der Waals surface area contributed by atoms with Crippen molar-refractivity contribution in [3.63, 3.8) is 0 Å². The van der Waals surface area contributed by atoms with Crippen molar-refractivity contribution >= 4 is 5.97 Å². The number of fused-ring (bicyclic) bond motifs is 3. The van der Waals surface area contributed by atoms with Gasteiger partial charge in [-0.2, -0.15) is 0 Å². The average molecular weight is 515 g/mol. The Labute approximate surface area is 222 Å². The summed E-state index contributed by atoms with van der Waals surface area (Å²) in [4.78, 5) is 12.7. The zero-order valence-electron chi connectivity index (χ0n) is 22.6. The van der Waals surface area contributed by atoms with E-state index in [-0.39, 0.29) is 24.4 Å². The van der Waals surface area contributed by atoms with E-state index in [1.807, 2.05) is 6.08 Å². The number of rotatable bonds is 3. The lowest BCUT2D eigenvalue weighted by atomic mass is 9.72. The molecule has 37 heavy (non-hydrogen) atoms. The van der Waals surface area contributed by atoms with Crippen LogP contribution in [0.3, 0.4) is 0 Å². The van der Waals surface area contributed by atoms with Crippen LogP contribution < -0.4 is 0 Å². The van der Waals surface area contributed by atoms with Crippen molar-refractivity contribution in [3.8, 4) is 0 Å². The number of aliphatic hydroxyl groups excluding tert-OH is 2. The monoisotopic (exact) mass is 514 g/mol. The summed E-state index contributed by atoms with van der Waals surface area (Å²) in [5, 5.41) is 21.7. The number of hydrogen-bond acceptors (Lipinski definition) is 6. The normalized spacial score (nSPS) is 39.2. The SMILES string of the molecule is C=C1CCC[C@@H]2CC=C[C@@H](C/C=C\C(=O)O[C@H]([C@@H](O)/C=C/C3CCCC(C)(C)C3)C[C@@H]3O[C@H]3[C@@H](O)C1)O2. The molecule has 1 unspecified atom stereocenters. The molecule has 1 aliphatic carbocycles. The van der Waals surface area contributed by atoms with Crippen LogP contribution in [0.15, 0.2) is 48.6 Å². The number of carbonyl (C=O) groups excluding carboxylic acids is 1. The summed E-state index contributed by atoms with van der Waals surface area (Å²) in [6, 6.07) is 0. The van der Waals surface area contributed by atoms with Crippen molar-refractivity contribution < 1.29 is 29.2 Å². The maximum atomic E-state index is 12.7. The molecule has 3 aliphatic heterocycles. The van der Waals surface area contributed by atoms with Gasteiger partial charge in [0.15, 0.2) is 0 Å². The molecule has 3 heterocycles. The van der Waals surface area contributed by atoms with Gasteiger partial charge in [0, 0.05) is 12.5 Å². The van der Waals surface area contributed by atoms with Crippen LogP contribution in [0.25, 0.3) is 0 Å². The summed E-state index contributed by atoms with van der Waals surface area (Å²) in [5.74, 6) is -0.0711. The standard InChI is InChI=1S/C31H46O6/c1-21-8-4-10-23-11-5-12-24(35-23)13-6-14-29(34)36-27(19-28-30(37-28)26(33)18-21)25(32)16-15-22-9-7-17-31(2,3)20-22/h5-6,12,14-16,22-28,30,32-33H,1,4,7-11,13,17-20H2,2-3H3/b14-6-,16-15+/t22?,23-,24+,25+,26+,27+,28+,30+/m1/s1. The first-order valence-electron chi connectivity index (χ1n) is 14.2. The minimum atomic E-state index is -0.935. The van der Waals surface area contributed by atoms with E-state index >= 15 is 0 Å². The second-order valence-corrected chi connectivity index (χ2v) is 12.3. The summed E-state index contributed by atoms with van der Waals surface area (Å²) >= 11 is 0. The fourth-order valence-electron chi connectivity index (χ4n) is 6.12. The number of carbonyl (C=O) groups is 1. The minimum Gasteiger partial charge on any atom is -0.456 e. The summed E-state index contributed by atoms with van der Waals surface area (Å²) in [6.45, 7) is 8.75. The van der Waals surface area contributed by atoms with Crippen LogP contribution in [0.4, 0.5) is 0 Å². The van der Waals surface area contributed by atoms with E-state index in [0.29, 0.717) is 30.6 Å². The Balaban J connectivity index is 1.43. The molecule has 1 saturated heterocycles. The van der Waals surface area contributed by atoms with E-state index in [0.717, 1.165) is 44.1 Å². The Morgan fingerprint density at radius 2 is 2.00 bits per heavy atom. The topological polar surface area (TPSA) is 88.5 Å². The molecule has 8 atom stereocenters. The molecular formula is C31H46O6. The minimum absolute atomic E-state index is 0.0589. The molecule has 206 valence electrons. The van der Waals surface area contributed by atoms with Crippen LogP contribution in [0, 0.1) is 11.3 Å². The van der Waals surface area contributed by atoms with Gasteiger partial charge in [0.2, 0.25) is 0 Å². The van der Waals surface area contributed by atoms with Crippen LogP contribution in [0.1, 0.15) is 84.5 Å². The Kier molecular flexibility index (Phi) is 9.84. The second kappa shape index (κ2) is 12.9. The molecule has 0 aromatic carbocycles. The number of aliphatic hydroxyl groups is 2. The van der Waals surface area contributed by atoms with Gasteiger partial charge in [-0.25, -0.2) is 4.79 Å². The van der Waals surface area contributed by atoms with Crippen molar-refractivity contribution in [1.82, 2.24) is 0 Å². The molecule has 4 aliphatic rings. The van der Waals surface area contributed by atoms with Gasteiger partial charge >= 0.3 is 5.97 Å². The predicted molar refractivity (Wildman–Crippen MR) is 144 cm³/mol. The van der Waals surface area contributed by atoms with Crippen LogP contribution in [0.5, 0.6) is 0 Å². The predicted octanol–water partition coefficient (Wildman–Crippen LogP) is 5.34. The summed E-state index contributed by atoms with van der Waals surface area (Å²) in [7, 11) is 0. The largest absolute Gasteiger partial charge is 0.456 e. The van der Waals surface area contributed by atoms with Crippen molar-refractivity contribution in [3.05, 3.63) is 48.6 Å². The Hall–Kier alpha value is -1.73. The summed E-state index contributed by atoms with van der Waals surface area (Å²) in [5.41, 5.74) is 1.32. The quantitative estimate of drug-likeness (QED) is 0.300. The first-order chi connectivity index (χ1) is 17.7. The highest BCUT2D eigenvalue weighted by atomic mass is 16.6. The molecule has 0 radical (unpaired) electrons. The van der Waals surface area contributed by atoms with Gasteiger partial charge in [0.05, 0.1) is 24.4 Å². The molecule has 2 N–H and O–H groups in total. The second-order valence-electron chi connectivity index (χ2n) is 12.3. The molecule has 0 amide bonds. The third-order valence-corrected chi connectivity index (χ3v) is 8.23. The molecule has 2 bridgehead atoms. The first-order valence-corrected chi connectivity index (χ1v) is 14.2. The zero-order chi connectivity index (χ0) is 26.4. The van der Waals surface area contributed by atoms with Crippen molar-refractivity contribution in [2.75, 3.05) is 0 Å². The maximum Gasteiger partial charge on any atom is 0.330 e. The molecule has 0 aromatic heterocycles. The number of cyclic esters (lactones) is 1. The molecule has 0 spiro atoms. The van der Waals surface area contributed by atoms with E-state index < -0.39 is 24.3 Å². The van der Waals surface area contributed by atoms with Gasteiger partial charge < -0.3 is 24.4 Å². The molecule has 0 aromatic rings. The van der Waals surface area contributed by atoms with Gasteiger partial charge in [0.25, 0.3) is 0 Å². The smallest absolute Gasteiger partial charge is 0.330 e. The highest BCUT2D eigenvalue weighted by Gasteiger charge is 2.46. The Morgan fingerprint density at radius 1 is 1.16 bits per heavy atom. The van der Waals surface area contributed by atoms with Crippen LogP contribution in [-0.4, -0.2) is 58.9 Å². The van der Waals surface area contributed by atoms with Crippen molar-refractivity contribution in [1.29, 1.82) is 0 Å². The maximum absolute atomic E-state index is 12.7. The molecule has 1 saturated carbocycles. The third kappa shape index (κ3) is 8.91. The fraction of sp³-hybridized carbons (Fsp3) is 0.710. The Bertz CT molecular complexity index is 873. The fourth-order valence-corrected chi connectivity index (χ4v) is 6.12. The van der Waals surface area contributed by atoms with Gasteiger partial charge in [-0.1, -0.05) is 62.8 Å². The summed E-state index contributed by atoms with van der Waals surface area (Å²) < 4.78 is 17.7. The van der Waals surface area contributed by atoms with Gasteiger partial charge in [-0.15, -0.1) is 0 Å². The van der Waals surface area contributed by atoms with E-state index in [9.17, 15) is 15.0 Å². The number of allylic oxidation sites excluding steroid dienone is 1. The van der Waals surface area contributed by atoms with Crippen molar-refractivity contribution in [2.24, 2.45) is 11.3 Å². The Morgan fingerprint density at radius 3 is 2.81 bits per heavy atom. The highest BCUT2D eigenvalue weighted by Crippen LogP contribution is 2.39. The van der Waals surface area contributed by atoms with Gasteiger partial charge in [-0.3, -0.25) is 0 Å². The molecular weight excluding hydrogens is 468 g/mol. The lowest BCUT2D eigenvalue weighted by Gasteiger charge is -2.34. The molecule has 2 fully saturated rings. The van der Waals surface area contributed by atoms with Gasteiger partial charge in [0.1, 0.15) is 18.3 Å². The van der Waals surface area contributed by atoms with Crippen molar-refractivity contribution in [2.45, 2.75) is 127 Å². The average Bonchev–Trinajstić information content (AvgIpc) is 3.61. The zero-order valence-corrected chi connectivity index (χ0v) is 22.6. The highest BCUT2D eigenvalue weighted by molar-refractivity contribution is 5.82. The van der Waals surface area contributed by atoms with E-state index in [2.05, 4.69) is 32.6 Å². The van der Waals surface area contributed by atoms with Crippen LogP contribution >= 0.6 is 0 Å². The molecule has 6 nitrogen and oxygen atoms in total. The third-order valence-electron chi connectivity index (χ3n) is 8.23. The van der Waals surface area contributed by atoms with E-state index in [1.54, 1.807) is 12.2 Å². The number of epoxide rings is 1. The molecule has 6 heteroatoms. The molecule has 4 rings (SSSR count). The van der Waals surface area contributed by atoms with Gasteiger partial charge in [-0.05, 0) is 69.1 Å². The lowest BCUT2D eigenvalue weighted by molar-refractivity contribution is -0.148. The summed E-state index contributed by atoms with van der Waals surface area (Å²) in [6.07, 6.45) is 18.2. The number of ether oxygens (including phenoxy) is 3. The van der Waals surface area contributed by atoms with Crippen LogP contribution in [-0.2, 0) is 19.0 Å². The number of hydrogen-bond donors (Lipinski definition) is 2. The van der Waals surface area contributed by atoms with Crippen LogP contribution in [0.2, 0.25) is 0 Å². The lowest BCUT2D eigenvalue weighted by Crippen LogP contribution is -2.32. The number of esters is 1.